The van der Waals surface area contributed by atoms with Crippen molar-refractivity contribution in [3.63, 3.8) is 0 Å². The molecule has 0 amide bonds. The molecular formula is C24H23FN4S. The molecule has 152 valence electrons. The van der Waals surface area contributed by atoms with Crippen molar-refractivity contribution in [3.8, 4) is 10.4 Å². The van der Waals surface area contributed by atoms with E-state index in [1.807, 2.05) is 12.1 Å². The van der Waals surface area contributed by atoms with Gasteiger partial charge in [0.05, 0.1) is 10.2 Å². The lowest BCUT2D eigenvalue weighted by Crippen LogP contribution is -2.38. The summed E-state index contributed by atoms with van der Waals surface area (Å²) >= 11 is 1.65. The fraction of sp³-hybridized carbons (Fsp3) is 0.250. The minimum Gasteiger partial charge on any atom is -0.366 e. The average Bonchev–Trinajstić information content (AvgIpc) is 3.22. The summed E-state index contributed by atoms with van der Waals surface area (Å²) < 4.78 is 14.3. The van der Waals surface area contributed by atoms with Crippen molar-refractivity contribution in [2.24, 2.45) is 0 Å². The van der Waals surface area contributed by atoms with Gasteiger partial charge in [-0.15, -0.1) is 11.3 Å². The van der Waals surface area contributed by atoms with E-state index in [1.165, 1.54) is 17.7 Å². The van der Waals surface area contributed by atoms with Crippen LogP contribution < -0.4 is 5.32 Å². The monoisotopic (exact) mass is 418 g/mol. The van der Waals surface area contributed by atoms with Gasteiger partial charge in [-0.05, 0) is 42.2 Å². The molecule has 0 atom stereocenters. The van der Waals surface area contributed by atoms with Crippen molar-refractivity contribution in [2.45, 2.75) is 25.4 Å². The van der Waals surface area contributed by atoms with E-state index in [2.05, 4.69) is 56.6 Å². The molecule has 1 aliphatic rings. The number of nitrogens with one attached hydrogen (secondary N) is 1. The molecule has 0 spiro atoms. The Labute approximate surface area is 179 Å². The van der Waals surface area contributed by atoms with Gasteiger partial charge >= 0.3 is 0 Å². The quantitative estimate of drug-likeness (QED) is 0.460. The summed E-state index contributed by atoms with van der Waals surface area (Å²) in [6, 6.07) is 19.7. The van der Waals surface area contributed by atoms with Crippen LogP contribution in [-0.4, -0.2) is 34.0 Å². The number of aromatic nitrogens is 2. The first kappa shape index (κ1) is 19.2. The topological polar surface area (TPSA) is 41.1 Å². The zero-order valence-corrected chi connectivity index (χ0v) is 17.4. The highest BCUT2D eigenvalue weighted by molar-refractivity contribution is 7.22. The smallest absolute Gasteiger partial charge is 0.147 e. The number of rotatable bonds is 5. The molecule has 1 N–H and O–H groups in total. The third-order valence-corrected chi connectivity index (χ3v) is 6.80. The molecule has 0 aliphatic carbocycles. The normalized spacial score (nSPS) is 15.5. The first-order valence-electron chi connectivity index (χ1n) is 10.3. The summed E-state index contributed by atoms with van der Waals surface area (Å²) in [6.45, 7) is 3.16. The molecule has 2 aromatic carbocycles. The molecule has 4 aromatic rings. The molecule has 5 rings (SSSR count). The van der Waals surface area contributed by atoms with E-state index in [0.29, 0.717) is 6.04 Å². The summed E-state index contributed by atoms with van der Waals surface area (Å²) in [5.74, 6) is 0.681. The zero-order valence-electron chi connectivity index (χ0n) is 16.6. The standard InChI is InChI=1S/C24H23FN4S/c25-19-8-6-18(7-9-19)22-14-21-23(30-22)24(27-16-26-21)28-20-10-12-29(13-11-20)15-17-4-2-1-3-5-17/h1-9,14,16,20H,10-13,15H2,(H,26,27,28). The average molecular weight is 419 g/mol. The molecule has 30 heavy (non-hydrogen) atoms. The van der Waals surface area contributed by atoms with Crippen LogP contribution in [0.1, 0.15) is 18.4 Å². The highest BCUT2D eigenvalue weighted by Gasteiger charge is 2.21. The van der Waals surface area contributed by atoms with E-state index in [1.54, 1.807) is 17.7 Å². The van der Waals surface area contributed by atoms with Gasteiger partial charge < -0.3 is 5.32 Å². The van der Waals surface area contributed by atoms with Crippen molar-refractivity contribution in [3.05, 3.63) is 78.4 Å². The van der Waals surface area contributed by atoms with Crippen LogP contribution in [-0.2, 0) is 6.54 Å². The van der Waals surface area contributed by atoms with Crippen molar-refractivity contribution < 1.29 is 4.39 Å². The van der Waals surface area contributed by atoms with Crippen molar-refractivity contribution in [2.75, 3.05) is 18.4 Å². The van der Waals surface area contributed by atoms with Gasteiger partial charge in [-0.1, -0.05) is 42.5 Å². The lowest BCUT2D eigenvalue weighted by Gasteiger charge is -2.32. The second-order valence-corrected chi connectivity index (χ2v) is 8.79. The molecule has 0 bridgehead atoms. The van der Waals surface area contributed by atoms with E-state index >= 15 is 0 Å². The summed E-state index contributed by atoms with van der Waals surface area (Å²) in [7, 11) is 0. The summed E-state index contributed by atoms with van der Waals surface area (Å²) in [4.78, 5) is 12.5. The fourth-order valence-electron chi connectivity index (χ4n) is 3.98. The summed E-state index contributed by atoms with van der Waals surface area (Å²) in [5, 5.41) is 3.65. The maximum atomic E-state index is 13.2. The van der Waals surface area contributed by atoms with E-state index in [-0.39, 0.29) is 5.82 Å². The number of benzene rings is 2. The Balaban J connectivity index is 1.27. The number of piperidine rings is 1. The number of anilines is 1. The number of thiophene rings is 1. The number of hydrogen-bond donors (Lipinski definition) is 1. The molecule has 2 aromatic heterocycles. The van der Waals surface area contributed by atoms with E-state index in [4.69, 9.17) is 0 Å². The van der Waals surface area contributed by atoms with Crippen LogP contribution in [0.2, 0.25) is 0 Å². The lowest BCUT2D eigenvalue weighted by atomic mass is 10.0. The van der Waals surface area contributed by atoms with Crippen LogP contribution >= 0.6 is 11.3 Å². The largest absolute Gasteiger partial charge is 0.366 e. The van der Waals surface area contributed by atoms with Crippen molar-refractivity contribution >= 4 is 27.4 Å². The molecule has 1 aliphatic heterocycles. The highest BCUT2D eigenvalue weighted by atomic mass is 32.1. The van der Waals surface area contributed by atoms with Crippen LogP contribution in [0.25, 0.3) is 20.7 Å². The predicted octanol–water partition coefficient (Wildman–Crippen LogP) is 5.57. The van der Waals surface area contributed by atoms with Crippen molar-refractivity contribution in [1.29, 1.82) is 0 Å². The van der Waals surface area contributed by atoms with Crippen LogP contribution in [0.4, 0.5) is 10.2 Å². The fourth-order valence-corrected chi connectivity index (χ4v) is 5.05. The molecule has 0 saturated carbocycles. The Hall–Kier alpha value is -2.83. The van der Waals surface area contributed by atoms with Crippen LogP contribution in [0.15, 0.2) is 67.0 Å². The van der Waals surface area contributed by atoms with Crippen molar-refractivity contribution in [1.82, 2.24) is 14.9 Å². The third-order valence-electron chi connectivity index (χ3n) is 5.62. The van der Waals surface area contributed by atoms with Gasteiger partial charge in [0.2, 0.25) is 0 Å². The Bertz CT molecular complexity index is 1120. The Morgan fingerprint density at radius 3 is 2.53 bits per heavy atom. The van der Waals surface area contributed by atoms with Gasteiger partial charge in [-0.25, -0.2) is 14.4 Å². The molecule has 1 saturated heterocycles. The van der Waals surface area contributed by atoms with E-state index in [9.17, 15) is 4.39 Å². The minimum absolute atomic E-state index is 0.222. The Kier molecular flexibility index (Phi) is 5.43. The summed E-state index contributed by atoms with van der Waals surface area (Å²) in [5.41, 5.74) is 3.30. The molecule has 1 fully saturated rings. The highest BCUT2D eigenvalue weighted by Crippen LogP contribution is 2.36. The molecule has 3 heterocycles. The zero-order chi connectivity index (χ0) is 20.3. The number of halogens is 1. The first-order chi connectivity index (χ1) is 14.7. The molecule has 0 unspecified atom stereocenters. The number of nitrogens with zero attached hydrogens (tertiary/aromatic N) is 3. The SMILES string of the molecule is Fc1ccc(-c2cc3ncnc(NC4CCN(Cc5ccccc5)CC4)c3s2)cc1. The van der Waals surface area contributed by atoms with Gasteiger partial charge in [-0.3, -0.25) is 4.90 Å². The summed E-state index contributed by atoms with van der Waals surface area (Å²) in [6.07, 6.45) is 3.80. The molecule has 6 heteroatoms. The van der Waals surface area contributed by atoms with Crippen LogP contribution in [0.3, 0.4) is 0 Å². The number of likely N-dealkylation sites (tertiary alicyclic amines) is 1. The number of hydrogen-bond acceptors (Lipinski definition) is 5. The van der Waals surface area contributed by atoms with Gasteiger partial charge in [0, 0.05) is 30.6 Å². The maximum Gasteiger partial charge on any atom is 0.147 e. The predicted molar refractivity (Wildman–Crippen MR) is 121 cm³/mol. The molecule has 4 nitrogen and oxygen atoms in total. The van der Waals surface area contributed by atoms with Gasteiger partial charge in [0.25, 0.3) is 0 Å². The van der Waals surface area contributed by atoms with Gasteiger partial charge in [-0.2, -0.15) is 0 Å². The van der Waals surface area contributed by atoms with E-state index in [0.717, 1.165) is 59.0 Å². The van der Waals surface area contributed by atoms with E-state index < -0.39 is 0 Å². The second-order valence-electron chi connectivity index (χ2n) is 7.73. The van der Waals surface area contributed by atoms with Gasteiger partial charge in [0.15, 0.2) is 0 Å². The molecular weight excluding hydrogens is 395 g/mol. The van der Waals surface area contributed by atoms with Gasteiger partial charge in [0.1, 0.15) is 18.0 Å². The minimum atomic E-state index is -0.222. The third kappa shape index (κ3) is 4.20. The Morgan fingerprint density at radius 1 is 1.00 bits per heavy atom. The maximum absolute atomic E-state index is 13.2. The van der Waals surface area contributed by atoms with Crippen LogP contribution in [0.5, 0.6) is 0 Å². The Morgan fingerprint density at radius 2 is 1.77 bits per heavy atom. The molecule has 0 radical (unpaired) electrons. The van der Waals surface area contributed by atoms with Crippen LogP contribution in [0, 0.1) is 5.82 Å². The lowest BCUT2D eigenvalue weighted by molar-refractivity contribution is 0.211. The second kappa shape index (κ2) is 8.50. The number of fused-ring (bicyclic) bond motifs is 1. The first-order valence-corrected chi connectivity index (χ1v) is 11.1.